The zero-order chi connectivity index (χ0) is 12.2. The summed E-state index contributed by atoms with van der Waals surface area (Å²) in [5.74, 6) is 0. The average molecular weight is 252 g/mol. The first kappa shape index (κ1) is 12.9. The molecule has 0 aromatic carbocycles. The van der Waals surface area contributed by atoms with Crippen molar-refractivity contribution in [3.05, 3.63) is 0 Å². The third kappa shape index (κ3) is 3.25. The molecule has 0 radical (unpaired) electrons. The molecule has 0 aromatic heterocycles. The maximum absolute atomic E-state index is 6.04. The van der Waals surface area contributed by atoms with E-state index >= 15 is 0 Å². The lowest BCUT2D eigenvalue weighted by Gasteiger charge is -2.37. The van der Waals surface area contributed by atoms with Gasteiger partial charge in [-0.25, -0.2) is 0 Å². The lowest BCUT2D eigenvalue weighted by Crippen LogP contribution is -2.50. The van der Waals surface area contributed by atoms with Gasteiger partial charge in [-0.3, -0.25) is 9.80 Å². The summed E-state index contributed by atoms with van der Waals surface area (Å²) >= 11 is 0. The lowest BCUT2D eigenvalue weighted by molar-refractivity contribution is 0.00544. The van der Waals surface area contributed by atoms with Crippen LogP contribution in [0, 0.1) is 0 Å². The van der Waals surface area contributed by atoms with Crippen LogP contribution in [0.5, 0.6) is 0 Å². The summed E-state index contributed by atoms with van der Waals surface area (Å²) in [5.41, 5.74) is 0. The molecule has 0 N–H and O–H groups in total. The molecule has 0 aromatic rings. The predicted molar refractivity (Wildman–Crippen MR) is 73.9 cm³/mol. The minimum Gasteiger partial charge on any atom is -0.377 e. The average Bonchev–Trinajstić information content (AvgIpc) is 2.87. The standard InChI is InChI=1S/C15H28N2O/c1-2-6-15(7-3-1)18-12-11-16-9-10-17-8-4-5-14(17)13-16/h14-15H,1-13H2. The van der Waals surface area contributed by atoms with Gasteiger partial charge in [0.1, 0.15) is 0 Å². The molecule has 2 aliphatic heterocycles. The molecular weight excluding hydrogens is 224 g/mol. The molecule has 0 spiro atoms. The Morgan fingerprint density at radius 3 is 2.67 bits per heavy atom. The van der Waals surface area contributed by atoms with E-state index in [9.17, 15) is 0 Å². The van der Waals surface area contributed by atoms with E-state index in [2.05, 4.69) is 9.80 Å². The monoisotopic (exact) mass is 252 g/mol. The molecule has 0 amide bonds. The smallest absolute Gasteiger partial charge is 0.0597 e. The molecule has 18 heavy (non-hydrogen) atoms. The van der Waals surface area contributed by atoms with E-state index in [1.54, 1.807) is 0 Å². The second kappa shape index (κ2) is 6.36. The molecule has 3 nitrogen and oxygen atoms in total. The van der Waals surface area contributed by atoms with Gasteiger partial charge in [-0.2, -0.15) is 0 Å². The summed E-state index contributed by atoms with van der Waals surface area (Å²) in [7, 11) is 0. The fourth-order valence-electron chi connectivity index (χ4n) is 3.84. The molecule has 3 aliphatic rings. The fraction of sp³-hybridized carbons (Fsp3) is 1.00. The van der Waals surface area contributed by atoms with Gasteiger partial charge in [0.05, 0.1) is 12.7 Å². The van der Waals surface area contributed by atoms with E-state index in [1.165, 1.54) is 71.1 Å². The molecule has 3 fully saturated rings. The summed E-state index contributed by atoms with van der Waals surface area (Å²) < 4.78 is 6.04. The van der Waals surface area contributed by atoms with E-state index in [-0.39, 0.29) is 0 Å². The number of ether oxygens (including phenoxy) is 1. The van der Waals surface area contributed by atoms with Crippen LogP contribution < -0.4 is 0 Å². The van der Waals surface area contributed by atoms with Crippen LogP contribution in [0.1, 0.15) is 44.9 Å². The first-order chi connectivity index (χ1) is 8.92. The van der Waals surface area contributed by atoms with Gasteiger partial charge in [-0.15, -0.1) is 0 Å². The van der Waals surface area contributed by atoms with Crippen LogP contribution in [-0.2, 0) is 4.74 Å². The topological polar surface area (TPSA) is 15.7 Å². The van der Waals surface area contributed by atoms with Crippen molar-refractivity contribution in [2.24, 2.45) is 0 Å². The number of fused-ring (bicyclic) bond motifs is 1. The highest BCUT2D eigenvalue weighted by Crippen LogP contribution is 2.22. The number of rotatable bonds is 4. The minimum atomic E-state index is 0.575. The molecule has 1 unspecified atom stereocenters. The van der Waals surface area contributed by atoms with Gasteiger partial charge in [0.15, 0.2) is 0 Å². The first-order valence-electron chi connectivity index (χ1n) is 8.00. The number of hydrogen-bond acceptors (Lipinski definition) is 3. The Hall–Kier alpha value is -0.120. The summed E-state index contributed by atoms with van der Waals surface area (Å²) in [6.07, 6.45) is 10.2. The molecule has 1 saturated carbocycles. The molecule has 2 saturated heterocycles. The number of piperazine rings is 1. The fourth-order valence-corrected chi connectivity index (χ4v) is 3.84. The Labute approximate surface area is 111 Å². The second-order valence-corrected chi connectivity index (χ2v) is 6.26. The molecule has 104 valence electrons. The van der Waals surface area contributed by atoms with Gasteiger partial charge in [0, 0.05) is 32.2 Å². The first-order valence-corrected chi connectivity index (χ1v) is 8.00. The van der Waals surface area contributed by atoms with Crippen molar-refractivity contribution in [3.8, 4) is 0 Å². The zero-order valence-electron chi connectivity index (χ0n) is 11.6. The van der Waals surface area contributed by atoms with Gasteiger partial charge in [-0.05, 0) is 32.2 Å². The number of nitrogens with zero attached hydrogens (tertiary/aromatic N) is 2. The predicted octanol–water partition coefficient (Wildman–Crippen LogP) is 2.12. The summed E-state index contributed by atoms with van der Waals surface area (Å²) in [6.45, 7) is 7.28. The van der Waals surface area contributed by atoms with Crippen LogP contribution in [-0.4, -0.2) is 61.3 Å². The molecular formula is C15H28N2O. The largest absolute Gasteiger partial charge is 0.377 e. The normalized spacial score (nSPS) is 31.7. The van der Waals surface area contributed by atoms with Crippen molar-refractivity contribution in [2.75, 3.05) is 39.3 Å². The molecule has 1 atom stereocenters. The van der Waals surface area contributed by atoms with E-state index in [1.807, 2.05) is 0 Å². The molecule has 0 bridgehead atoms. The van der Waals surface area contributed by atoms with Gasteiger partial charge >= 0.3 is 0 Å². The van der Waals surface area contributed by atoms with E-state index in [0.717, 1.165) is 19.2 Å². The Morgan fingerprint density at radius 2 is 1.78 bits per heavy atom. The maximum atomic E-state index is 6.04. The SMILES string of the molecule is C1CCC(OCCN2CCN3CCCC3C2)CC1. The van der Waals surface area contributed by atoms with Crippen LogP contribution in [0.25, 0.3) is 0 Å². The third-order valence-corrected chi connectivity index (χ3v) is 4.98. The molecule has 2 heterocycles. The quantitative estimate of drug-likeness (QED) is 0.762. The Morgan fingerprint density at radius 1 is 0.889 bits per heavy atom. The number of hydrogen-bond donors (Lipinski definition) is 0. The second-order valence-electron chi connectivity index (χ2n) is 6.26. The summed E-state index contributed by atoms with van der Waals surface area (Å²) in [4.78, 5) is 5.30. The van der Waals surface area contributed by atoms with Crippen molar-refractivity contribution in [2.45, 2.75) is 57.1 Å². The van der Waals surface area contributed by atoms with E-state index in [0.29, 0.717) is 6.10 Å². The van der Waals surface area contributed by atoms with Crippen molar-refractivity contribution in [1.82, 2.24) is 9.80 Å². The highest BCUT2D eigenvalue weighted by Gasteiger charge is 2.30. The van der Waals surface area contributed by atoms with Crippen molar-refractivity contribution in [3.63, 3.8) is 0 Å². The Bertz CT molecular complexity index is 253. The summed E-state index contributed by atoms with van der Waals surface area (Å²) in [6, 6.07) is 0.855. The molecule has 3 heteroatoms. The van der Waals surface area contributed by atoms with E-state index in [4.69, 9.17) is 4.74 Å². The van der Waals surface area contributed by atoms with Crippen molar-refractivity contribution >= 4 is 0 Å². The van der Waals surface area contributed by atoms with Crippen LogP contribution >= 0.6 is 0 Å². The van der Waals surface area contributed by atoms with E-state index < -0.39 is 0 Å². The Balaban J connectivity index is 1.33. The molecule has 1 aliphatic carbocycles. The van der Waals surface area contributed by atoms with Crippen LogP contribution in [0.2, 0.25) is 0 Å². The zero-order valence-corrected chi connectivity index (χ0v) is 11.6. The van der Waals surface area contributed by atoms with Crippen LogP contribution in [0.15, 0.2) is 0 Å². The highest BCUT2D eigenvalue weighted by molar-refractivity contribution is 4.86. The van der Waals surface area contributed by atoms with Gasteiger partial charge in [0.25, 0.3) is 0 Å². The highest BCUT2D eigenvalue weighted by atomic mass is 16.5. The maximum Gasteiger partial charge on any atom is 0.0597 e. The third-order valence-electron chi connectivity index (χ3n) is 4.98. The molecule has 3 rings (SSSR count). The van der Waals surface area contributed by atoms with Crippen molar-refractivity contribution in [1.29, 1.82) is 0 Å². The van der Waals surface area contributed by atoms with Crippen molar-refractivity contribution < 1.29 is 4.74 Å². The lowest BCUT2D eigenvalue weighted by atomic mass is 9.98. The van der Waals surface area contributed by atoms with Crippen LogP contribution in [0.3, 0.4) is 0 Å². The Kier molecular flexibility index (Phi) is 4.55. The minimum absolute atomic E-state index is 0.575. The van der Waals surface area contributed by atoms with Gasteiger partial charge in [0.2, 0.25) is 0 Å². The van der Waals surface area contributed by atoms with Gasteiger partial charge in [-0.1, -0.05) is 19.3 Å². The van der Waals surface area contributed by atoms with Crippen LogP contribution in [0.4, 0.5) is 0 Å². The summed E-state index contributed by atoms with van der Waals surface area (Å²) in [5, 5.41) is 0. The van der Waals surface area contributed by atoms with Gasteiger partial charge < -0.3 is 4.74 Å².